The van der Waals surface area contributed by atoms with Gasteiger partial charge in [0.2, 0.25) is 0 Å². The fourth-order valence-corrected chi connectivity index (χ4v) is 1.11. The van der Waals surface area contributed by atoms with Crippen molar-refractivity contribution in [3.05, 3.63) is 24.3 Å². The number of hydrogen-bond donors (Lipinski definition) is 3. The number of nitrogen functional groups attached to an aromatic ring is 1. The highest BCUT2D eigenvalue weighted by molar-refractivity contribution is 5.51. The van der Waals surface area contributed by atoms with Crippen LogP contribution in [0.2, 0.25) is 0 Å². The predicted octanol–water partition coefficient (Wildman–Crippen LogP) is 1.84. The summed E-state index contributed by atoms with van der Waals surface area (Å²) in [7, 11) is 0. The fraction of sp³-hybridized carbons (Fsp3) is 0.455. The van der Waals surface area contributed by atoms with E-state index in [1.54, 1.807) is 13.8 Å². The first kappa shape index (κ1) is 10.9. The van der Waals surface area contributed by atoms with Gasteiger partial charge in [-0.05, 0) is 44.5 Å². The molecule has 0 spiro atoms. The topological polar surface area (TPSA) is 58.3 Å². The highest BCUT2D eigenvalue weighted by Gasteiger charge is 2.10. The summed E-state index contributed by atoms with van der Waals surface area (Å²) in [6.07, 6.45) is 0.720. The molecule has 0 heterocycles. The second-order valence-corrected chi connectivity index (χ2v) is 4.11. The van der Waals surface area contributed by atoms with Crippen LogP contribution in [0.1, 0.15) is 20.3 Å². The van der Waals surface area contributed by atoms with Gasteiger partial charge in [-0.15, -0.1) is 0 Å². The van der Waals surface area contributed by atoms with E-state index in [1.807, 2.05) is 24.3 Å². The summed E-state index contributed by atoms with van der Waals surface area (Å²) >= 11 is 0. The summed E-state index contributed by atoms with van der Waals surface area (Å²) in [6, 6.07) is 7.57. The van der Waals surface area contributed by atoms with Crippen LogP contribution in [0, 0.1) is 0 Å². The van der Waals surface area contributed by atoms with Crippen molar-refractivity contribution < 1.29 is 5.11 Å². The van der Waals surface area contributed by atoms with Gasteiger partial charge < -0.3 is 16.2 Å². The number of aliphatic hydroxyl groups is 1. The first-order valence-electron chi connectivity index (χ1n) is 4.79. The van der Waals surface area contributed by atoms with Crippen LogP contribution in [-0.2, 0) is 0 Å². The van der Waals surface area contributed by atoms with Crippen LogP contribution in [0.25, 0.3) is 0 Å². The van der Waals surface area contributed by atoms with Crippen molar-refractivity contribution in [1.82, 2.24) is 0 Å². The van der Waals surface area contributed by atoms with Crippen LogP contribution in [0.3, 0.4) is 0 Å². The van der Waals surface area contributed by atoms with Crippen molar-refractivity contribution in [2.24, 2.45) is 0 Å². The number of nitrogens with two attached hydrogens (primary N) is 1. The standard InChI is InChI=1S/C11H18N2O/c1-11(2,14)7-8-13-10-5-3-9(12)4-6-10/h3-6,13-14H,7-8,12H2,1-2H3. The van der Waals surface area contributed by atoms with Gasteiger partial charge in [0.25, 0.3) is 0 Å². The monoisotopic (exact) mass is 194 g/mol. The minimum absolute atomic E-state index is 0.610. The lowest BCUT2D eigenvalue weighted by Crippen LogP contribution is -2.22. The van der Waals surface area contributed by atoms with Gasteiger partial charge in [-0.25, -0.2) is 0 Å². The van der Waals surface area contributed by atoms with E-state index >= 15 is 0 Å². The summed E-state index contributed by atoms with van der Waals surface area (Å²) in [4.78, 5) is 0. The van der Waals surface area contributed by atoms with Crippen molar-refractivity contribution in [3.63, 3.8) is 0 Å². The van der Waals surface area contributed by atoms with Gasteiger partial charge in [0.05, 0.1) is 5.60 Å². The molecule has 0 bridgehead atoms. The Morgan fingerprint density at radius 3 is 2.36 bits per heavy atom. The Morgan fingerprint density at radius 2 is 1.86 bits per heavy atom. The molecule has 0 radical (unpaired) electrons. The molecule has 3 nitrogen and oxygen atoms in total. The maximum atomic E-state index is 9.48. The molecule has 0 saturated heterocycles. The smallest absolute Gasteiger partial charge is 0.0608 e. The van der Waals surface area contributed by atoms with E-state index in [0.29, 0.717) is 0 Å². The minimum atomic E-state index is -0.610. The van der Waals surface area contributed by atoms with Crippen LogP contribution in [-0.4, -0.2) is 17.3 Å². The first-order chi connectivity index (χ1) is 6.47. The molecule has 1 aromatic rings. The van der Waals surface area contributed by atoms with Crippen molar-refractivity contribution >= 4 is 11.4 Å². The van der Waals surface area contributed by atoms with E-state index in [9.17, 15) is 5.11 Å². The lowest BCUT2D eigenvalue weighted by atomic mass is 10.1. The maximum Gasteiger partial charge on any atom is 0.0608 e. The number of rotatable bonds is 4. The molecule has 0 aliphatic rings. The van der Waals surface area contributed by atoms with Gasteiger partial charge in [-0.2, -0.15) is 0 Å². The molecule has 0 aliphatic heterocycles. The van der Waals surface area contributed by atoms with Gasteiger partial charge >= 0.3 is 0 Å². The summed E-state index contributed by atoms with van der Waals surface area (Å²) in [5.74, 6) is 0. The molecular weight excluding hydrogens is 176 g/mol. The molecule has 14 heavy (non-hydrogen) atoms. The second kappa shape index (κ2) is 4.33. The van der Waals surface area contributed by atoms with Gasteiger partial charge in [-0.3, -0.25) is 0 Å². The number of anilines is 2. The predicted molar refractivity (Wildman–Crippen MR) is 60.3 cm³/mol. The molecule has 0 unspecified atom stereocenters. The number of benzene rings is 1. The molecule has 0 amide bonds. The largest absolute Gasteiger partial charge is 0.399 e. The second-order valence-electron chi connectivity index (χ2n) is 4.11. The third kappa shape index (κ3) is 4.14. The van der Waals surface area contributed by atoms with Crippen LogP contribution in [0.15, 0.2) is 24.3 Å². The van der Waals surface area contributed by atoms with Crippen LogP contribution in [0.5, 0.6) is 0 Å². The van der Waals surface area contributed by atoms with Gasteiger partial charge in [0.15, 0.2) is 0 Å². The average molecular weight is 194 g/mol. The average Bonchev–Trinajstić information content (AvgIpc) is 2.06. The molecule has 1 rings (SSSR count). The van der Waals surface area contributed by atoms with E-state index in [4.69, 9.17) is 5.73 Å². The van der Waals surface area contributed by atoms with E-state index in [-0.39, 0.29) is 0 Å². The van der Waals surface area contributed by atoms with Gasteiger partial charge in [-0.1, -0.05) is 0 Å². The van der Waals surface area contributed by atoms with Crippen molar-refractivity contribution in [2.75, 3.05) is 17.6 Å². The number of nitrogens with one attached hydrogen (secondary N) is 1. The summed E-state index contributed by atoms with van der Waals surface area (Å²) in [6.45, 7) is 4.36. The minimum Gasteiger partial charge on any atom is -0.399 e. The lowest BCUT2D eigenvalue weighted by molar-refractivity contribution is 0.0749. The van der Waals surface area contributed by atoms with E-state index < -0.39 is 5.60 Å². The lowest BCUT2D eigenvalue weighted by Gasteiger charge is -2.17. The van der Waals surface area contributed by atoms with Crippen molar-refractivity contribution in [3.8, 4) is 0 Å². The molecule has 78 valence electrons. The maximum absolute atomic E-state index is 9.48. The Balaban J connectivity index is 2.35. The summed E-state index contributed by atoms with van der Waals surface area (Å²) in [5.41, 5.74) is 6.74. The van der Waals surface area contributed by atoms with Crippen molar-refractivity contribution in [2.45, 2.75) is 25.9 Å². The SMILES string of the molecule is CC(C)(O)CCNc1ccc(N)cc1. The first-order valence-corrected chi connectivity index (χ1v) is 4.79. The summed E-state index contributed by atoms with van der Waals surface area (Å²) < 4.78 is 0. The molecule has 0 atom stereocenters. The Kier molecular flexibility index (Phi) is 3.36. The zero-order valence-corrected chi connectivity index (χ0v) is 8.75. The highest BCUT2D eigenvalue weighted by atomic mass is 16.3. The van der Waals surface area contributed by atoms with Crippen molar-refractivity contribution in [1.29, 1.82) is 0 Å². The third-order valence-corrected chi connectivity index (χ3v) is 1.98. The molecular formula is C11H18N2O. The van der Waals surface area contributed by atoms with Gasteiger partial charge in [0.1, 0.15) is 0 Å². The molecule has 4 N–H and O–H groups in total. The fourth-order valence-electron chi connectivity index (χ4n) is 1.11. The van der Waals surface area contributed by atoms with E-state index in [1.165, 1.54) is 0 Å². The third-order valence-electron chi connectivity index (χ3n) is 1.98. The quantitative estimate of drug-likeness (QED) is 0.641. The molecule has 0 saturated carbocycles. The molecule has 0 aliphatic carbocycles. The van der Waals surface area contributed by atoms with Crippen LogP contribution in [0.4, 0.5) is 11.4 Å². The Labute approximate surface area is 84.9 Å². The Bertz CT molecular complexity index is 274. The normalized spacial score (nSPS) is 11.4. The van der Waals surface area contributed by atoms with E-state index in [0.717, 1.165) is 24.3 Å². The Morgan fingerprint density at radius 1 is 1.29 bits per heavy atom. The van der Waals surface area contributed by atoms with Crippen LogP contribution < -0.4 is 11.1 Å². The molecule has 0 aromatic heterocycles. The molecule has 3 heteroatoms. The van der Waals surface area contributed by atoms with Crippen LogP contribution >= 0.6 is 0 Å². The zero-order chi connectivity index (χ0) is 10.6. The Hall–Kier alpha value is -1.22. The van der Waals surface area contributed by atoms with Gasteiger partial charge in [0, 0.05) is 17.9 Å². The summed E-state index contributed by atoms with van der Waals surface area (Å²) in [5, 5.41) is 12.7. The molecule has 1 aromatic carbocycles. The zero-order valence-electron chi connectivity index (χ0n) is 8.75. The molecule has 0 fully saturated rings. The number of hydrogen-bond acceptors (Lipinski definition) is 3. The van der Waals surface area contributed by atoms with E-state index in [2.05, 4.69) is 5.32 Å². The highest BCUT2D eigenvalue weighted by Crippen LogP contribution is 2.12.